The number of hydrogen-bond donors (Lipinski definition) is 2. The summed E-state index contributed by atoms with van der Waals surface area (Å²) in [4.78, 5) is 0. The smallest absolute Gasteiger partial charge is 0.0991 e. The quantitative estimate of drug-likeness (QED) is 0.811. The Bertz CT molecular complexity index is 401. The van der Waals surface area contributed by atoms with Gasteiger partial charge in [-0.15, -0.1) is 0 Å². The number of benzene rings is 1. The van der Waals surface area contributed by atoms with Crippen molar-refractivity contribution in [3.63, 3.8) is 0 Å². The normalized spacial score (nSPS) is 13.1. The van der Waals surface area contributed by atoms with Crippen LogP contribution in [0.2, 0.25) is 0 Å². The Labute approximate surface area is 109 Å². The Morgan fingerprint density at radius 2 is 1.83 bits per heavy atom. The summed E-state index contributed by atoms with van der Waals surface area (Å²) in [5.74, 6) is 0. The zero-order chi connectivity index (χ0) is 13.6. The lowest BCUT2D eigenvalue weighted by molar-refractivity contribution is 0.0303. The van der Waals surface area contributed by atoms with Gasteiger partial charge in [0, 0.05) is 12.6 Å². The van der Waals surface area contributed by atoms with Crippen LogP contribution in [0.3, 0.4) is 0 Å². The molecule has 2 N–H and O–H groups in total. The van der Waals surface area contributed by atoms with Gasteiger partial charge in [-0.1, -0.05) is 26.0 Å². The Morgan fingerprint density at radius 3 is 2.28 bits per heavy atom. The third kappa shape index (κ3) is 3.83. The summed E-state index contributed by atoms with van der Waals surface area (Å²) in [5, 5.41) is 22.3. The predicted octanol–water partition coefficient (Wildman–Crippen LogP) is 2.76. The summed E-state index contributed by atoms with van der Waals surface area (Å²) < 4.78 is 0. The monoisotopic (exact) mass is 246 g/mol. The zero-order valence-corrected chi connectivity index (χ0v) is 11.4. The summed E-state index contributed by atoms with van der Waals surface area (Å²) in [6, 6.07) is 9.82. The molecule has 1 rings (SSSR count). The first-order chi connectivity index (χ1) is 8.54. The summed E-state index contributed by atoms with van der Waals surface area (Å²) in [6.07, 6.45) is 1.49. The van der Waals surface area contributed by atoms with Gasteiger partial charge in [-0.25, -0.2) is 0 Å². The third-order valence-corrected chi connectivity index (χ3v) is 3.59. The van der Waals surface area contributed by atoms with E-state index in [0.29, 0.717) is 12.1 Å². The van der Waals surface area contributed by atoms with E-state index in [1.807, 2.05) is 38.1 Å². The fraction of sp³-hybridized carbons (Fsp3) is 0.533. The van der Waals surface area contributed by atoms with Gasteiger partial charge in [-0.3, -0.25) is 0 Å². The Kier molecular flexibility index (Phi) is 5.33. The fourth-order valence-electron chi connectivity index (χ4n) is 1.81. The van der Waals surface area contributed by atoms with E-state index in [1.54, 1.807) is 0 Å². The van der Waals surface area contributed by atoms with Crippen LogP contribution < -0.4 is 5.32 Å². The van der Waals surface area contributed by atoms with Crippen molar-refractivity contribution in [2.45, 2.75) is 45.3 Å². The average Bonchev–Trinajstić information content (AvgIpc) is 2.44. The van der Waals surface area contributed by atoms with Gasteiger partial charge in [0.15, 0.2) is 0 Å². The van der Waals surface area contributed by atoms with E-state index in [-0.39, 0.29) is 6.04 Å². The number of aliphatic hydroxyl groups is 1. The highest BCUT2D eigenvalue weighted by Crippen LogP contribution is 2.17. The molecule has 1 unspecified atom stereocenters. The van der Waals surface area contributed by atoms with E-state index in [0.717, 1.165) is 18.4 Å². The van der Waals surface area contributed by atoms with E-state index in [9.17, 15) is 5.11 Å². The van der Waals surface area contributed by atoms with Crippen molar-refractivity contribution < 1.29 is 5.11 Å². The zero-order valence-electron chi connectivity index (χ0n) is 11.4. The molecule has 0 heterocycles. The van der Waals surface area contributed by atoms with Gasteiger partial charge < -0.3 is 10.4 Å². The molecular formula is C15H22N2O. The second-order valence-corrected chi connectivity index (χ2v) is 4.77. The summed E-state index contributed by atoms with van der Waals surface area (Å²) in [6.45, 7) is 6.64. The van der Waals surface area contributed by atoms with Crippen LogP contribution in [0.4, 0.5) is 0 Å². The molecule has 18 heavy (non-hydrogen) atoms. The van der Waals surface area contributed by atoms with Crippen molar-refractivity contribution in [3.8, 4) is 6.07 Å². The van der Waals surface area contributed by atoms with Gasteiger partial charge in [-0.2, -0.15) is 5.26 Å². The standard InChI is InChI=1S/C15H22N2O/c1-4-15(18,5-2)11-17-12(3)14-8-6-13(10-16)7-9-14/h6-9,12,17-18H,4-5,11H2,1-3H3. The van der Waals surface area contributed by atoms with E-state index in [1.165, 1.54) is 0 Å². The lowest BCUT2D eigenvalue weighted by atomic mass is 9.96. The maximum atomic E-state index is 10.2. The largest absolute Gasteiger partial charge is 0.389 e. The lowest BCUT2D eigenvalue weighted by Gasteiger charge is -2.27. The van der Waals surface area contributed by atoms with Crippen molar-refractivity contribution in [1.29, 1.82) is 5.26 Å². The molecule has 0 saturated heterocycles. The molecule has 3 nitrogen and oxygen atoms in total. The van der Waals surface area contributed by atoms with Crippen molar-refractivity contribution in [1.82, 2.24) is 5.32 Å². The number of nitrogens with zero attached hydrogens (tertiary/aromatic N) is 1. The molecule has 0 aliphatic rings. The first kappa shape index (κ1) is 14.7. The van der Waals surface area contributed by atoms with Gasteiger partial charge in [0.05, 0.1) is 17.2 Å². The van der Waals surface area contributed by atoms with Crippen LogP contribution in [0.25, 0.3) is 0 Å². The molecule has 0 saturated carbocycles. The average molecular weight is 246 g/mol. The van der Waals surface area contributed by atoms with Crippen LogP contribution >= 0.6 is 0 Å². The highest BCUT2D eigenvalue weighted by atomic mass is 16.3. The third-order valence-electron chi connectivity index (χ3n) is 3.59. The number of nitriles is 1. The lowest BCUT2D eigenvalue weighted by Crippen LogP contribution is -2.40. The summed E-state index contributed by atoms with van der Waals surface area (Å²) in [5.41, 5.74) is 1.18. The Morgan fingerprint density at radius 1 is 1.28 bits per heavy atom. The molecule has 0 aromatic heterocycles. The van der Waals surface area contributed by atoms with Crippen molar-refractivity contribution in [3.05, 3.63) is 35.4 Å². The number of rotatable bonds is 6. The molecule has 98 valence electrons. The topological polar surface area (TPSA) is 56.0 Å². The van der Waals surface area contributed by atoms with Crippen LogP contribution in [-0.4, -0.2) is 17.3 Å². The minimum Gasteiger partial charge on any atom is -0.389 e. The molecule has 0 amide bonds. The van der Waals surface area contributed by atoms with Gasteiger partial charge >= 0.3 is 0 Å². The maximum Gasteiger partial charge on any atom is 0.0991 e. The first-order valence-corrected chi connectivity index (χ1v) is 6.50. The van der Waals surface area contributed by atoms with E-state index < -0.39 is 5.60 Å². The molecule has 0 radical (unpaired) electrons. The molecule has 1 atom stereocenters. The second-order valence-electron chi connectivity index (χ2n) is 4.77. The second kappa shape index (κ2) is 6.53. The van der Waals surface area contributed by atoms with Crippen LogP contribution in [0.5, 0.6) is 0 Å². The molecule has 0 spiro atoms. The fourth-order valence-corrected chi connectivity index (χ4v) is 1.81. The summed E-state index contributed by atoms with van der Waals surface area (Å²) in [7, 11) is 0. The SMILES string of the molecule is CCC(O)(CC)CNC(C)c1ccc(C#N)cc1. The molecule has 0 bridgehead atoms. The molecule has 0 fully saturated rings. The van der Waals surface area contributed by atoms with Crippen molar-refractivity contribution in [2.24, 2.45) is 0 Å². The first-order valence-electron chi connectivity index (χ1n) is 6.50. The van der Waals surface area contributed by atoms with Gasteiger partial charge in [0.2, 0.25) is 0 Å². The van der Waals surface area contributed by atoms with Gasteiger partial charge in [0.1, 0.15) is 0 Å². The molecule has 0 aliphatic heterocycles. The highest BCUT2D eigenvalue weighted by Gasteiger charge is 2.22. The highest BCUT2D eigenvalue weighted by molar-refractivity contribution is 5.32. The van der Waals surface area contributed by atoms with Gasteiger partial charge in [-0.05, 0) is 37.5 Å². The molecule has 1 aromatic carbocycles. The van der Waals surface area contributed by atoms with Crippen molar-refractivity contribution >= 4 is 0 Å². The van der Waals surface area contributed by atoms with Crippen molar-refractivity contribution in [2.75, 3.05) is 6.54 Å². The van der Waals surface area contributed by atoms with E-state index in [4.69, 9.17) is 5.26 Å². The van der Waals surface area contributed by atoms with Crippen LogP contribution in [-0.2, 0) is 0 Å². The molecule has 3 heteroatoms. The van der Waals surface area contributed by atoms with Crippen LogP contribution in [0.1, 0.15) is 50.8 Å². The Balaban J connectivity index is 2.60. The summed E-state index contributed by atoms with van der Waals surface area (Å²) >= 11 is 0. The number of nitrogens with one attached hydrogen (secondary N) is 1. The van der Waals surface area contributed by atoms with E-state index in [2.05, 4.69) is 18.3 Å². The van der Waals surface area contributed by atoms with Gasteiger partial charge in [0.25, 0.3) is 0 Å². The molecule has 1 aromatic rings. The molecular weight excluding hydrogens is 224 g/mol. The van der Waals surface area contributed by atoms with E-state index >= 15 is 0 Å². The molecule has 0 aliphatic carbocycles. The predicted molar refractivity (Wildman–Crippen MR) is 73.1 cm³/mol. The van der Waals surface area contributed by atoms with Crippen LogP contribution in [0, 0.1) is 11.3 Å². The minimum absolute atomic E-state index is 0.169. The Hall–Kier alpha value is -1.37. The minimum atomic E-state index is -0.624. The number of hydrogen-bond acceptors (Lipinski definition) is 3. The maximum absolute atomic E-state index is 10.2. The van der Waals surface area contributed by atoms with Crippen LogP contribution in [0.15, 0.2) is 24.3 Å².